The Morgan fingerprint density at radius 3 is 2.75 bits per heavy atom. The molecule has 3 N–H and O–H groups in total. The van der Waals surface area contributed by atoms with E-state index in [1.165, 1.54) is 18.3 Å². The first-order valence-corrected chi connectivity index (χ1v) is 8.97. The number of aromatic nitrogens is 2. The van der Waals surface area contributed by atoms with E-state index in [9.17, 15) is 9.50 Å². The SMILES string of the molecule is Oc1[nH]c2ccc(F)cc2c1C=Nc1ccc(NCCc2ccccn2)cc1. The number of rotatable bonds is 6. The molecular formula is C22H19FN4O. The number of hydrogen-bond acceptors (Lipinski definition) is 4. The predicted octanol–water partition coefficient (Wildman–Crippen LogP) is 4.81. The number of aliphatic imine (C=N–C) groups is 1. The van der Waals surface area contributed by atoms with Gasteiger partial charge in [-0.2, -0.15) is 0 Å². The molecule has 2 heterocycles. The molecule has 0 saturated heterocycles. The van der Waals surface area contributed by atoms with E-state index in [1.54, 1.807) is 12.3 Å². The maximum absolute atomic E-state index is 13.5. The Bertz CT molecular complexity index is 1100. The summed E-state index contributed by atoms with van der Waals surface area (Å²) in [5.74, 6) is -0.389. The third kappa shape index (κ3) is 4.01. The molecule has 0 aliphatic carbocycles. The van der Waals surface area contributed by atoms with Gasteiger partial charge in [-0.3, -0.25) is 9.98 Å². The lowest BCUT2D eigenvalue weighted by molar-refractivity contribution is 0.457. The largest absolute Gasteiger partial charge is 0.494 e. The van der Waals surface area contributed by atoms with E-state index in [1.807, 2.05) is 42.5 Å². The molecule has 5 nitrogen and oxygen atoms in total. The minimum Gasteiger partial charge on any atom is -0.494 e. The zero-order chi connectivity index (χ0) is 19.3. The van der Waals surface area contributed by atoms with Crippen LogP contribution in [-0.4, -0.2) is 27.8 Å². The topological polar surface area (TPSA) is 73.3 Å². The minimum atomic E-state index is -0.359. The highest BCUT2D eigenvalue weighted by Crippen LogP contribution is 2.27. The maximum Gasteiger partial charge on any atom is 0.198 e. The van der Waals surface area contributed by atoms with Crippen LogP contribution in [0.5, 0.6) is 5.88 Å². The quantitative estimate of drug-likeness (QED) is 0.424. The van der Waals surface area contributed by atoms with Crippen LogP contribution < -0.4 is 5.32 Å². The molecule has 2 aromatic heterocycles. The Labute approximate surface area is 161 Å². The normalized spacial score (nSPS) is 11.3. The second kappa shape index (κ2) is 7.92. The summed E-state index contributed by atoms with van der Waals surface area (Å²) in [5.41, 5.74) is 3.90. The monoisotopic (exact) mass is 374 g/mol. The molecule has 140 valence electrons. The van der Waals surface area contributed by atoms with Crippen LogP contribution in [0, 0.1) is 5.82 Å². The lowest BCUT2D eigenvalue weighted by atomic mass is 10.2. The Hall–Kier alpha value is -3.67. The molecule has 0 unspecified atom stereocenters. The molecule has 0 aliphatic heterocycles. The van der Waals surface area contributed by atoms with Crippen molar-refractivity contribution < 1.29 is 9.50 Å². The molecular weight excluding hydrogens is 355 g/mol. The van der Waals surface area contributed by atoms with Crippen LogP contribution in [0.3, 0.4) is 0 Å². The van der Waals surface area contributed by atoms with Gasteiger partial charge in [0.1, 0.15) is 5.82 Å². The first-order valence-electron chi connectivity index (χ1n) is 8.97. The third-order valence-electron chi connectivity index (χ3n) is 4.43. The first-order chi connectivity index (χ1) is 13.7. The van der Waals surface area contributed by atoms with Gasteiger partial charge >= 0.3 is 0 Å². The standard InChI is InChI=1S/C22H19FN4O/c23-15-4-9-21-19(13-15)20(22(28)27-21)14-26-18-7-5-17(6-8-18)25-12-10-16-3-1-2-11-24-16/h1-9,11,13-14,25,27-28H,10,12H2. The van der Waals surface area contributed by atoms with E-state index >= 15 is 0 Å². The lowest BCUT2D eigenvalue weighted by Crippen LogP contribution is -2.05. The highest BCUT2D eigenvalue weighted by atomic mass is 19.1. The van der Waals surface area contributed by atoms with E-state index in [0.717, 1.165) is 30.0 Å². The number of anilines is 1. The second-order valence-corrected chi connectivity index (χ2v) is 6.38. The molecule has 0 saturated carbocycles. The van der Waals surface area contributed by atoms with Crippen LogP contribution in [0.15, 0.2) is 71.9 Å². The summed E-state index contributed by atoms with van der Waals surface area (Å²) in [6.45, 7) is 0.786. The van der Waals surface area contributed by atoms with Crippen molar-refractivity contribution in [3.8, 4) is 5.88 Å². The number of aromatic amines is 1. The van der Waals surface area contributed by atoms with Gasteiger partial charge in [-0.15, -0.1) is 0 Å². The first kappa shape index (κ1) is 17.7. The number of hydrogen-bond donors (Lipinski definition) is 3. The molecule has 0 fully saturated rings. The Morgan fingerprint density at radius 2 is 1.96 bits per heavy atom. The van der Waals surface area contributed by atoms with Crippen molar-refractivity contribution >= 4 is 28.5 Å². The van der Waals surface area contributed by atoms with Gasteiger partial charge in [0, 0.05) is 47.7 Å². The van der Waals surface area contributed by atoms with Crippen LogP contribution in [0.2, 0.25) is 0 Å². The second-order valence-electron chi connectivity index (χ2n) is 6.38. The Kier molecular flexibility index (Phi) is 5.01. The van der Waals surface area contributed by atoms with Gasteiger partial charge < -0.3 is 15.4 Å². The highest BCUT2D eigenvalue weighted by Gasteiger charge is 2.09. The van der Waals surface area contributed by atoms with Crippen LogP contribution in [0.1, 0.15) is 11.3 Å². The summed E-state index contributed by atoms with van der Waals surface area (Å²) < 4.78 is 13.5. The van der Waals surface area contributed by atoms with Crippen molar-refractivity contribution in [1.29, 1.82) is 0 Å². The molecule has 0 radical (unpaired) electrons. The third-order valence-corrected chi connectivity index (χ3v) is 4.43. The zero-order valence-electron chi connectivity index (χ0n) is 15.1. The summed E-state index contributed by atoms with van der Waals surface area (Å²) in [5, 5.41) is 14.0. The highest BCUT2D eigenvalue weighted by molar-refractivity contribution is 6.02. The van der Waals surface area contributed by atoms with Crippen molar-refractivity contribution in [3.05, 3.63) is 83.9 Å². The number of benzene rings is 2. The van der Waals surface area contributed by atoms with Crippen LogP contribution >= 0.6 is 0 Å². The fourth-order valence-corrected chi connectivity index (χ4v) is 2.99. The molecule has 4 rings (SSSR count). The lowest BCUT2D eigenvalue weighted by Gasteiger charge is -2.06. The Morgan fingerprint density at radius 1 is 1.11 bits per heavy atom. The van der Waals surface area contributed by atoms with Crippen molar-refractivity contribution in [1.82, 2.24) is 9.97 Å². The van der Waals surface area contributed by atoms with E-state index < -0.39 is 0 Å². The van der Waals surface area contributed by atoms with Gasteiger partial charge in [-0.25, -0.2) is 4.39 Å². The number of nitrogens with one attached hydrogen (secondary N) is 2. The summed E-state index contributed by atoms with van der Waals surface area (Å²) in [4.78, 5) is 11.5. The summed E-state index contributed by atoms with van der Waals surface area (Å²) in [6, 6.07) is 17.9. The van der Waals surface area contributed by atoms with Crippen molar-refractivity contribution in [2.45, 2.75) is 6.42 Å². The summed E-state index contributed by atoms with van der Waals surface area (Å²) >= 11 is 0. The predicted molar refractivity (Wildman–Crippen MR) is 110 cm³/mol. The number of fused-ring (bicyclic) bond motifs is 1. The van der Waals surface area contributed by atoms with Crippen LogP contribution in [0.25, 0.3) is 10.9 Å². The van der Waals surface area contributed by atoms with Gasteiger partial charge in [0.15, 0.2) is 5.88 Å². The molecule has 0 amide bonds. The molecule has 28 heavy (non-hydrogen) atoms. The zero-order valence-corrected chi connectivity index (χ0v) is 15.1. The molecule has 2 aromatic carbocycles. The maximum atomic E-state index is 13.5. The van der Waals surface area contributed by atoms with E-state index in [0.29, 0.717) is 16.5 Å². The van der Waals surface area contributed by atoms with E-state index in [-0.39, 0.29) is 11.7 Å². The van der Waals surface area contributed by atoms with Crippen molar-refractivity contribution in [2.75, 3.05) is 11.9 Å². The fraction of sp³-hybridized carbons (Fsp3) is 0.0909. The average Bonchev–Trinajstić information content (AvgIpc) is 3.02. The molecule has 0 spiro atoms. The van der Waals surface area contributed by atoms with Gasteiger partial charge in [0.25, 0.3) is 0 Å². The van der Waals surface area contributed by atoms with Gasteiger partial charge in [-0.05, 0) is 54.6 Å². The minimum absolute atomic E-state index is 0.0304. The van der Waals surface area contributed by atoms with Crippen LogP contribution in [-0.2, 0) is 6.42 Å². The summed E-state index contributed by atoms with van der Waals surface area (Å²) in [6.07, 6.45) is 4.18. The number of pyridine rings is 1. The number of aromatic hydroxyl groups is 1. The molecule has 0 bridgehead atoms. The molecule has 4 aromatic rings. The fourth-order valence-electron chi connectivity index (χ4n) is 2.99. The molecule has 6 heteroatoms. The number of nitrogens with zero attached hydrogens (tertiary/aromatic N) is 2. The average molecular weight is 374 g/mol. The molecule has 0 aliphatic rings. The number of H-pyrrole nitrogens is 1. The van der Waals surface area contributed by atoms with Gasteiger partial charge in [0.05, 0.1) is 11.3 Å². The van der Waals surface area contributed by atoms with Gasteiger partial charge in [-0.1, -0.05) is 6.07 Å². The number of halogens is 1. The van der Waals surface area contributed by atoms with Crippen molar-refractivity contribution in [2.24, 2.45) is 4.99 Å². The van der Waals surface area contributed by atoms with Crippen molar-refractivity contribution in [3.63, 3.8) is 0 Å². The van der Waals surface area contributed by atoms with E-state index in [2.05, 4.69) is 20.3 Å². The summed E-state index contributed by atoms with van der Waals surface area (Å²) in [7, 11) is 0. The van der Waals surface area contributed by atoms with E-state index in [4.69, 9.17) is 0 Å². The smallest absolute Gasteiger partial charge is 0.198 e. The van der Waals surface area contributed by atoms with Crippen LogP contribution in [0.4, 0.5) is 15.8 Å². The van der Waals surface area contributed by atoms with Gasteiger partial charge in [0.2, 0.25) is 0 Å². The Balaban J connectivity index is 1.42. The molecule has 0 atom stereocenters.